The van der Waals surface area contributed by atoms with Crippen LogP contribution in [0.25, 0.3) is 11.4 Å². The Hall–Kier alpha value is -2.99. The summed E-state index contributed by atoms with van der Waals surface area (Å²) >= 11 is 0. The maximum atomic E-state index is 12.8. The Balaban J connectivity index is 1.13. The SMILES string of the molecule is O=C(N[C@H]1CCc2ccccc21)C1CCN(Cc2nc(-c3ccccc3)no2)CC1. The van der Waals surface area contributed by atoms with Crippen molar-refractivity contribution in [2.24, 2.45) is 5.92 Å². The molecule has 154 valence electrons. The minimum atomic E-state index is 0.0802. The van der Waals surface area contributed by atoms with Gasteiger partial charge in [-0.2, -0.15) is 4.98 Å². The molecule has 1 N–H and O–H groups in total. The number of nitrogens with one attached hydrogen (secondary N) is 1. The van der Waals surface area contributed by atoms with E-state index in [1.54, 1.807) is 0 Å². The minimum absolute atomic E-state index is 0.0802. The van der Waals surface area contributed by atoms with E-state index in [9.17, 15) is 4.79 Å². The molecule has 2 aromatic carbocycles. The van der Waals surface area contributed by atoms with Gasteiger partial charge in [0.05, 0.1) is 12.6 Å². The van der Waals surface area contributed by atoms with Crippen molar-refractivity contribution >= 4 is 5.91 Å². The first-order valence-electron chi connectivity index (χ1n) is 10.7. The Morgan fingerprint density at radius 1 is 1.03 bits per heavy atom. The van der Waals surface area contributed by atoms with Crippen molar-refractivity contribution in [3.05, 3.63) is 71.6 Å². The first-order valence-corrected chi connectivity index (χ1v) is 10.7. The molecule has 2 heterocycles. The third-order valence-corrected chi connectivity index (χ3v) is 6.27. The summed E-state index contributed by atoms with van der Waals surface area (Å²) in [4.78, 5) is 19.6. The van der Waals surface area contributed by atoms with Crippen LogP contribution in [0, 0.1) is 5.92 Å². The molecule has 1 saturated heterocycles. The van der Waals surface area contributed by atoms with Gasteiger partial charge in [0.15, 0.2) is 0 Å². The van der Waals surface area contributed by atoms with Gasteiger partial charge in [-0.1, -0.05) is 59.8 Å². The van der Waals surface area contributed by atoms with Gasteiger partial charge in [-0.05, 0) is 49.9 Å². The van der Waals surface area contributed by atoms with Crippen LogP contribution in [0.3, 0.4) is 0 Å². The second kappa shape index (κ2) is 8.40. The maximum Gasteiger partial charge on any atom is 0.241 e. The van der Waals surface area contributed by atoms with E-state index in [1.807, 2.05) is 30.3 Å². The van der Waals surface area contributed by atoms with Crippen molar-refractivity contribution in [2.45, 2.75) is 38.3 Å². The average Bonchev–Trinajstić information content (AvgIpc) is 3.42. The zero-order valence-electron chi connectivity index (χ0n) is 17.0. The standard InChI is InChI=1S/C24H26N4O2/c29-24(25-21-11-10-17-6-4-5-9-20(17)21)19-12-14-28(15-13-19)16-22-26-23(27-30-22)18-7-2-1-3-8-18/h1-9,19,21H,10-16H2,(H,25,29)/t21-/m0/s1. The van der Waals surface area contributed by atoms with Gasteiger partial charge in [0.1, 0.15) is 0 Å². The van der Waals surface area contributed by atoms with E-state index < -0.39 is 0 Å². The molecule has 1 atom stereocenters. The van der Waals surface area contributed by atoms with Crippen LogP contribution in [0.1, 0.15) is 42.3 Å². The van der Waals surface area contributed by atoms with Gasteiger partial charge in [0, 0.05) is 11.5 Å². The van der Waals surface area contributed by atoms with Crippen LogP contribution in [-0.2, 0) is 17.8 Å². The predicted molar refractivity (Wildman–Crippen MR) is 113 cm³/mol. The zero-order chi connectivity index (χ0) is 20.3. The van der Waals surface area contributed by atoms with Crippen molar-refractivity contribution in [3.8, 4) is 11.4 Å². The molecule has 6 heteroatoms. The Morgan fingerprint density at radius 3 is 2.63 bits per heavy atom. The van der Waals surface area contributed by atoms with E-state index in [0.717, 1.165) is 44.3 Å². The van der Waals surface area contributed by atoms with Gasteiger partial charge in [0.25, 0.3) is 0 Å². The summed E-state index contributed by atoms with van der Waals surface area (Å²) in [6.07, 6.45) is 3.78. The number of hydrogen-bond donors (Lipinski definition) is 1. The second-order valence-electron chi connectivity index (χ2n) is 8.23. The summed E-state index contributed by atoms with van der Waals surface area (Å²) in [5.41, 5.74) is 3.61. The van der Waals surface area contributed by atoms with Crippen LogP contribution in [0.15, 0.2) is 59.1 Å². The molecule has 0 spiro atoms. The fourth-order valence-electron chi connectivity index (χ4n) is 4.56. The number of fused-ring (bicyclic) bond motifs is 1. The number of hydrogen-bond acceptors (Lipinski definition) is 5. The Labute approximate surface area is 176 Å². The average molecular weight is 402 g/mol. The summed E-state index contributed by atoms with van der Waals surface area (Å²) in [7, 11) is 0. The number of aromatic nitrogens is 2. The van der Waals surface area contributed by atoms with Crippen LogP contribution in [-0.4, -0.2) is 34.0 Å². The smallest absolute Gasteiger partial charge is 0.241 e. The first kappa shape index (κ1) is 19.0. The molecular formula is C24H26N4O2. The fourth-order valence-corrected chi connectivity index (χ4v) is 4.56. The molecule has 2 aliphatic rings. The number of rotatable bonds is 5. The molecule has 30 heavy (non-hydrogen) atoms. The van der Waals surface area contributed by atoms with E-state index in [2.05, 4.69) is 44.6 Å². The van der Waals surface area contributed by atoms with E-state index in [-0.39, 0.29) is 17.9 Å². The molecule has 1 aromatic heterocycles. The van der Waals surface area contributed by atoms with Crippen molar-refractivity contribution in [1.82, 2.24) is 20.4 Å². The molecule has 5 rings (SSSR count). The van der Waals surface area contributed by atoms with Crippen molar-refractivity contribution < 1.29 is 9.32 Å². The van der Waals surface area contributed by atoms with Crippen molar-refractivity contribution in [3.63, 3.8) is 0 Å². The largest absolute Gasteiger partial charge is 0.349 e. The Bertz CT molecular complexity index is 1010. The molecule has 1 amide bonds. The molecule has 0 saturated carbocycles. The third kappa shape index (κ3) is 4.00. The lowest BCUT2D eigenvalue weighted by Crippen LogP contribution is -2.41. The lowest BCUT2D eigenvalue weighted by Gasteiger charge is -2.31. The molecular weight excluding hydrogens is 376 g/mol. The number of piperidine rings is 1. The van der Waals surface area contributed by atoms with Gasteiger partial charge in [-0.3, -0.25) is 9.69 Å². The van der Waals surface area contributed by atoms with E-state index in [1.165, 1.54) is 11.1 Å². The van der Waals surface area contributed by atoms with Crippen LogP contribution in [0.2, 0.25) is 0 Å². The number of nitrogens with zero attached hydrogens (tertiary/aromatic N) is 3. The first-order chi connectivity index (χ1) is 14.8. The highest BCUT2D eigenvalue weighted by Gasteiger charge is 2.29. The van der Waals surface area contributed by atoms with Crippen LogP contribution < -0.4 is 5.32 Å². The Kier molecular flexibility index (Phi) is 5.32. The van der Waals surface area contributed by atoms with Gasteiger partial charge < -0.3 is 9.84 Å². The molecule has 1 aliphatic carbocycles. The number of benzene rings is 2. The van der Waals surface area contributed by atoms with Crippen LogP contribution in [0.4, 0.5) is 0 Å². The fraction of sp³-hybridized carbons (Fsp3) is 0.375. The normalized spacial score (nSPS) is 19.5. The number of carbonyl (C=O) groups excluding carboxylic acids is 1. The summed E-state index contributed by atoms with van der Waals surface area (Å²) < 4.78 is 5.44. The number of amides is 1. The monoisotopic (exact) mass is 402 g/mol. The van der Waals surface area contributed by atoms with Crippen LogP contribution in [0.5, 0.6) is 0 Å². The van der Waals surface area contributed by atoms with E-state index >= 15 is 0 Å². The molecule has 1 fully saturated rings. The second-order valence-corrected chi connectivity index (χ2v) is 8.23. The number of likely N-dealkylation sites (tertiary alicyclic amines) is 1. The highest BCUT2D eigenvalue weighted by molar-refractivity contribution is 5.79. The molecule has 6 nitrogen and oxygen atoms in total. The third-order valence-electron chi connectivity index (χ3n) is 6.27. The van der Waals surface area contributed by atoms with E-state index in [4.69, 9.17) is 4.52 Å². The summed E-state index contributed by atoms with van der Waals surface area (Å²) in [6, 6.07) is 18.5. The quantitative estimate of drug-likeness (QED) is 0.704. The van der Waals surface area contributed by atoms with Gasteiger partial charge in [-0.15, -0.1) is 0 Å². The maximum absolute atomic E-state index is 12.8. The number of carbonyl (C=O) groups is 1. The lowest BCUT2D eigenvalue weighted by atomic mass is 9.95. The highest BCUT2D eigenvalue weighted by atomic mass is 16.5. The summed E-state index contributed by atoms with van der Waals surface area (Å²) in [6.45, 7) is 2.36. The molecule has 0 radical (unpaired) electrons. The van der Waals surface area contributed by atoms with Crippen molar-refractivity contribution in [2.75, 3.05) is 13.1 Å². The minimum Gasteiger partial charge on any atom is -0.349 e. The molecule has 1 aliphatic heterocycles. The molecule has 0 bridgehead atoms. The molecule has 0 unspecified atom stereocenters. The lowest BCUT2D eigenvalue weighted by molar-refractivity contribution is -0.127. The highest BCUT2D eigenvalue weighted by Crippen LogP contribution is 2.31. The van der Waals surface area contributed by atoms with Crippen LogP contribution >= 0.6 is 0 Å². The number of aryl methyl sites for hydroxylation is 1. The summed E-state index contributed by atoms with van der Waals surface area (Å²) in [5.74, 6) is 1.52. The van der Waals surface area contributed by atoms with E-state index in [0.29, 0.717) is 18.3 Å². The molecule has 3 aromatic rings. The van der Waals surface area contributed by atoms with Gasteiger partial charge in [0.2, 0.25) is 17.6 Å². The Morgan fingerprint density at radius 2 is 1.80 bits per heavy atom. The van der Waals surface area contributed by atoms with Gasteiger partial charge in [-0.25, -0.2) is 0 Å². The van der Waals surface area contributed by atoms with Crippen molar-refractivity contribution in [1.29, 1.82) is 0 Å². The van der Waals surface area contributed by atoms with Gasteiger partial charge >= 0.3 is 0 Å². The zero-order valence-corrected chi connectivity index (χ0v) is 17.0. The topological polar surface area (TPSA) is 71.3 Å². The summed E-state index contributed by atoms with van der Waals surface area (Å²) in [5, 5.41) is 7.39. The predicted octanol–water partition coefficient (Wildman–Crippen LogP) is 3.75.